The van der Waals surface area contributed by atoms with Crippen molar-refractivity contribution in [1.29, 1.82) is 0 Å². The fourth-order valence-electron chi connectivity index (χ4n) is 5.60. The first-order valence-corrected chi connectivity index (χ1v) is 8.39. The highest BCUT2D eigenvalue weighted by molar-refractivity contribution is 5.04. The number of methoxy groups -OCH3 is 1. The lowest BCUT2D eigenvalue weighted by molar-refractivity contribution is -0.127. The highest BCUT2D eigenvalue weighted by atomic mass is 16.5. The molecular formula is C17H31NO2. The van der Waals surface area contributed by atoms with Gasteiger partial charge in [0, 0.05) is 19.7 Å². The van der Waals surface area contributed by atoms with Gasteiger partial charge in [0.25, 0.3) is 0 Å². The molecule has 0 radical (unpaired) electrons. The van der Waals surface area contributed by atoms with Crippen LogP contribution in [0.5, 0.6) is 0 Å². The zero-order valence-electron chi connectivity index (χ0n) is 13.3. The fraction of sp³-hybridized carbons (Fsp3) is 1.00. The van der Waals surface area contributed by atoms with Crippen LogP contribution in [0, 0.1) is 23.2 Å². The van der Waals surface area contributed by atoms with Gasteiger partial charge in [-0.2, -0.15) is 0 Å². The van der Waals surface area contributed by atoms with Gasteiger partial charge in [0.05, 0.1) is 12.7 Å². The summed E-state index contributed by atoms with van der Waals surface area (Å²) in [6.07, 6.45) is 8.04. The molecule has 116 valence electrons. The minimum Gasteiger partial charge on any atom is -0.391 e. The van der Waals surface area contributed by atoms with Gasteiger partial charge in [-0.1, -0.05) is 0 Å². The van der Waals surface area contributed by atoms with Gasteiger partial charge in [-0.15, -0.1) is 0 Å². The summed E-state index contributed by atoms with van der Waals surface area (Å²) in [7, 11) is 3.87. The molecular weight excluding hydrogens is 250 g/mol. The van der Waals surface area contributed by atoms with Crippen molar-refractivity contribution in [3.63, 3.8) is 0 Å². The maximum Gasteiger partial charge on any atom is 0.0723 e. The minimum atomic E-state index is -0.153. The molecule has 3 heteroatoms. The third-order valence-corrected chi connectivity index (χ3v) is 6.41. The third-order valence-electron chi connectivity index (χ3n) is 6.41. The summed E-state index contributed by atoms with van der Waals surface area (Å²) in [5.74, 6) is 2.74. The molecule has 4 fully saturated rings. The Morgan fingerprint density at radius 3 is 2.10 bits per heavy atom. The number of aliphatic hydroxyl groups excluding tert-OH is 1. The Balaban J connectivity index is 1.63. The summed E-state index contributed by atoms with van der Waals surface area (Å²) >= 11 is 0. The fourth-order valence-corrected chi connectivity index (χ4v) is 5.60. The average Bonchev–Trinajstić information content (AvgIpc) is 2.37. The lowest BCUT2D eigenvalue weighted by Crippen LogP contribution is -2.55. The molecule has 20 heavy (non-hydrogen) atoms. The van der Waals surface area contributed by atoms with E-state index >= 15 is 0 Å². The van der Waals surface area contributed by atoms with Crippen molar-refractivity contribution in [2.45, 2.75) is 57.6 Å². The molecule has 2 atom stereocenters. The van der Waals surface area contributed by atoms with Crippen LogP contribution in [0.4, 0.5) is 0 Å². The lowest BCUT2D eigenvalue weighted by atomic mass is 9.48. The summed E-state index contributed by atoms with van der Waals surface area (Å²) in [6, 6.07) is 0.378. The number of nitrogens with zero attached hydrogens (tertiary/aromatic N) is 1. The number of hydrogen-bond acceptors (Lipinski definition) is 3. The predicted molar refractivity (Wildman–Crippen MR) is 80.6 cm³/mol. The van der Waals surface area contributed by atoms with E-state index in [-0.39, 0.29) is 11.5 Å². The van der Waals surface area contributed by atoms with E-state index in [1.807, 2.05) is 0 Å². The van der Waals surface area contributed by atoms with Crippen molar-refractivity contribution in [2.75, 3.05) is 27.3 Å². The van der Waals surface area contributed by atoms with Gasteiger partial charge in [-0.3, -0.25) is 4.90 Å². The van der Waals surface area contributed by atoms with Gasteiger partial charge in [-0.25, -0.2) is 0 Å². The van der Waals surface area contributed by atoms with Crippen LogP contribution in [0.1, 0.15) is 45.4 Å². The van der Waals surface area contributed by atoms with Crippen LogP contribution in [0.2, 0.25) is 0 Å². The number of aliphatic hydroxyl groups is 1. The van der Waals surface area contributed by atoms with Gasteiger partial charge in [0.2, 0.25) is 0 Å². The third kappa shape index (κ3) is 2.65. The van der Waals surface area contributed by atoms with Crippen LogP contribution in [-0.2, 0) is 4.74 Å². The summed E-state index contributed by atoms with van der Waals surface area (Å²) in [5.41, 5.74) is 0.246. The number of likely N-dealkylation sites (N-methyl/N-ethyl adjacent to an activating group) is 1. The quantitative estimate of drug-likeness (QED) is 0.812. The first-order valence-electron chi connectivity index (χ1n) is 8.39. The monoisotopic (exact) mass is 281 g/mol. The van der Waals surface area contributed by atoms with E-state index in [4.69, 9.17) is 4.74 Å². The standard InChI is InChI=1S/C17H31NO2/c1-12(11-20-3)18(2)10-16(19)17-7-13-4-14(8-17)6-15(5-13)9-17/h12-16,19H,4-11H2,1-3H3. The number of ether oxygens (including phenoxy) is 1. The topological polar surface area (TPSA) is 32.7 Å². The number of hydrogen-bond donors (Lipinski definition) is 1. The van der Waals surface area contributed by atoms with E-state index in [1.54, 1.807) is 7.11 Å². The van der Waals surface area contributed by atoms with Crippen molar-refractivity contribution in [1.82, 2.24) is 4.90 Å². The van der Waals surface area contributed by atoms with E-state index in [9.17, 15) is 5.11 Å². The molecule has 0 spiro atoms. The highest BCUT2D eigenvalue weighted by Gasteiger charge is 2.54. The van der Waals surface area contributed by atoms with Gasteiger partial charge in [0.1, 0.15) is 0 Å². The van der Waals surface area contributed by atoms with Crippen molar-refractivity contribution >= 4 is 0 Å². The molecule has 1 N–H and O–H groups in total. The Morgan fingerprint density at radius 1 is 1.15 bits per heavy atom. The molecule has 4 bridgehead atoms. The molecule has 4 saturated carbocycles. The Bertz CT molecular complexity index is 309. The van der Waals surface area contributed by atoms with Crippen molar-refractivity contribution in [2.24, 2.45) is 23.2 Å². The smallest absolute Gasteiger partial charge is 0.0723 e. The van der Waals surface area contributed by atoms with E-state index in [0.717, 1.165) is 30.9 Å². The van der Waals surface area contributed by atoms with E-state index in [2.05, 4.69) is 18.9 Å². The SMILES string of the molecule is COCC(C)N(C)CC(O)C12CC3CC(CC(C3)C1)C2. The molecule has 0 amide bonds. The molecule has 0 aromatic heterocycles. The van der Waals surface area contributed by atoms with Crippen LogP contribution in [0.3, 0.4) is 0 Å². The summed E-state index contributed by atoms with van der Waals surface area (Å²) in [5, 5.41) is 10.9. The normalized spacial score (nSPS) is 42.1. The molecule has 0 aliphatic heterocycles. The lowest BCUT2D eigenvalue weighted by Gasteiger charge is -2.58. The molecule has 0 aromatic carbocycles. The molecule has 4 aliphatic rings. The average molecular weight is 281 g/mol. The predicted octanol–water partition coefficient (Wildman–Crippen LogP) is 2.53. The van der Waals surface area contributed by atoms with E-state index < -0.39 is 0 Å². The maximum atomic E-state index is 10.9. The Kier molecular flexibility index (Phi) is 4.13. The molecule has 3 nitrogen and oxygen atoms in total. The molecule has 0 heterocycles. The highest BCUT2D eigenvalue weighted by Crippen LogP contribution is 2.61. The van der Waals surface area contributed by atoms with Gasteiger partial charge in [0.15, 0.2) is 0 Å². The van der Waals surface area contributed by atoms with Crippen LogP contribution in [0.25, 0.3) is 0 Å². The largest absolute Gasteiger partial charge is 0.391 e. The Hall–Kier alpha value is -0.120. The molecule has 2 unspecified atom stereocenters. The van der Waals surface area contributed by atoms with Crippen molar-refractivity contribution < 1.29 is 9.84 Å². The van der Waals surface area contributed by atoms with Crippen LogP contribution >= 0.6 is 0 Å². The zero-order valence-corrected chi connectivity index (χ0v) is 13.3. The second kappa shape index (κ2) is 5.58. The first kappa shape index (κ1) is 14.8. The van der Waals surface area contributed by atoms with Crippen LogP contribution in [0.15, 0.2) is 0 Å². The molecule has 0 aromatic rings. The maximum absolute atomic E-state index is 10.9. The second-order valence-corrected chi connectivity index (χ2v) is 8.04. The Morgan fingerprint density at radius 2 is 1.65 bits per heavy atom. The minimum absolute atomic E-state index is 0.153. The molecule has 4 rings (SSSR count). The summed E-state index contributed by atoms with van der Waals surface area (Å²) in [6.45, 7) is 3.72. The zero-order chi connectivity index (χ0) is 14.3. The van der Waals surface area contributed by atoms with E-state index in [0.29, 0.717) is 6.04 Å². The van der Waals surface area contributed by atoms with Gasteiger partial charge < -0.3 is 9.84 Å². The second-order valence-electron chi connectivity index (χ2n) is 8.04. The van der Waals surface area contributed by atoms with Crippen LogP contribution in [-0.4, -0.2) is 49.5 Å². The first-order chi connectivity index (χ1) is 9.52. The van der Waals surface area contributed by atoms with Crippen molar-refractivity contribution in [3.05, 3.63) is 0 Å². The van der Waals surface area contributed by atoms with E-state index in [1.165, 1.54) is 38.5 Å². The summed E-state index contributed by atoms with van der Waals surface area (Å²) in [4.78, 5) is 2.27. The van der Waals surface area contributed by atoms with Gasteiger partial charge >= 0.3 is 0 Å². The van der Waals surface area contributed by atoms with Crippen molar-refractivity contribution in [3.8, 4) is 0 Å². The van der Waals surface area contributed by atoms with Gasteiger partial charge in [-0.05, 0) is 75.7 Å². The molecule has 0 saturated heterocycles. The Labute approximate surface area is 123 Å². The molecule has 4 aliphatic carbocycles. The van der Waals surface area contributed by atoms with Crippen LogP contribution < -0.4 is 0 Å². The summed E-state index contributed by atoms with van der Waals surface area (Å²) < 4.78 is 5.23. The number of rotatable bonds is 6.